The van der Waals surface area contributed by atoms with Gasteiger partial charge < -0.3 is 5.11 Å². The van der Waals surface area contributed by atoms with Gasteiger partial charge in [0.15, 0.2) is 0 Å². The Morgan fingerprint density at radius 2 is 1.80 bits per heavy atom. The highest BCUT2D eigenvalue weighted by Gasteiger charge is 1.98. The van der Waals surface area contributed by atoms with Gasteiger partial charge in [0.25, 0.3) is 0 Å². The zero-order valence-electron chi connectivity index (χ0n) is 9.37. The van der Waals surface area contributed by atoms with E-state index in [1.165, 1.54) is 0 Å². The van der Waals surface area contributed by atoms with Gasteiger partial charge in [-0.15, -0.1) is 5.92 Å². The normalized spacial score (nSPS) is 7.93. The van der Waals surface area contributed by atoms with E-state index in [2.05, 4.69) is 11.8 Å². The lowest BCUT2D eigenvalue weighted by atomic mass is 10.1. The second kappa shape index (κ2) is 7.64. The molecule has 0 atom stereocenters. The Bertz CT molecular complexity index is 352. The number of hydrogen-bond acceptors (Lipinski definition) is 1. The molecule has 0 saturated carbocycles. The third-order valence-electron chi connectivity index (χ3n) is 1.58. The van der Waals surface area contributed by atoms with Crippen LogP contribution in [0.5, 0.6) is 0 Å². The van der Waals surface area contributed by atoms with Crippen LogP contribution in [0.25, 0.3) is 0 Å². The Kier molecular flexibility index (Phi) is 6.74. The van der Waals surface area contributed by atoms with Crippen LogP contribution in [0.15, 0.2) is 24.3 Å². The predicted molar refractivity (Wildman–Crippen MR) is 61.7 cm³/mol. The molecule has 15 heavy (non-hydrogen) atoms. The van der Waals surface area contributed by atoms with Crippen molar-refractivity contribution < 1.29 is 9.90 Å². The Morgan fingerprint density at radius 3 is 2.20 bits per heavy atom. The average Bonchev–Trinajstić information content (AvgIpc) is 2.24. The van der Waals surface area contributed by atoms with Crippen LogP contribution in [0, 0.1) is 11.8 Å². The first-order valence-corrected chi connectivity index (χ1v) is 4.96. The van der Waals surface area contributed by atoms with Gasteiger partial charge in [-0.25, -0.2) is 0 Å². The fourth-order valence-electron chi connectivity index (χ4n) is 1.02. The molecule has 0 bridgehead atoms. The van der Waals surface area contributed by atoms with E-state index in [0.717, 1.165) is 11.1 Å². The van der Waals surface area contributed by atoms with E-state index >= 15 is 0 Å². The Balaban J connectivity index is 0.000000921. The van der Waals surface area contributed by atoms with E-state index in [1.807, 2.05) is 26.0 Å². The maximum absolute atomic E-state index is 10.4. The molecule has 0 fully saturated rings. The van der Waals surface area contributed by atoms with Gasteiger partial charge in [-0.1, -0.05) is 31.9 Å². The van der Waals surface area contributed by atoms with Crippen molar-refractivity contribution in [2.45, 2.75) is 27.2 Å². The number of hydrogen-bond donors (Lipinski definition) is 1. The first kappa shape index (κ1) is 13.2. The van der Waals surface area contributed by atoms with E-state index in [9.17, 15) is 4.79 Å². The van der Waals surface area contributed by atoms with Crippen molar-refractivity contribution in [3.05, 3.63) is 35.4 Å². The second-order valence-electron chi connectivity index (χ2n) is 2.64. The van der Waals surface area contributed by atoms with Crippen LogP contribution in [0.3, 0.4) is 0 Å². The van der Waals surface area contributed by atoms with Crippen LogP contribution in [0.2, 0.25) is 0 Å². The summed E-state index contributed by atoms with van der Waals surface area (Å²) >= 11 is 0. The molecule has 0 aliphatic rings. The summed E-state index contributed by atoms with van der Waals surface area (Å²) < 4.78 is 0. The minimum absolute atomic E-state index is 0.0693. The summed E-state index contributed by atoms with van der Waals surface area (Å²) in [6, 6.07) is 7.23. The van der Waals surface area contributed by atoms with Crippen molar-refractivity contribution in [3.63, 3.8) is 0 Å². The van der Waals surface area contributed by atoms with Crippen molar-refractivity contribution in [1.29, 1.82) is 0 Å². The first-order valence-electron chi connectivity index (χ1n) is 4.96. The number of rotatable bonds is 2. The molecule has 1 aromatic rings. The van der Waals surface area contributed by atoms with Crippen LogP contribution in [0.4, 0.5) is 0 Å². The van der Waals surface area contributed by atoms with E-state index in [0.29, 0.717) is 0 Å². The van der Waals surface area contributed by atoms with Crippen molar-refractivity contribution in [1.82, 2.24) is 0 Å². The van der Waals surface area contributed by atoms with Gasteiger partial charge in [0.05, 0.1) is 6.42 Å². The summed E-state index contributed by atoms with van der Waals surface area (Å²) in [5.41, 5.74) is 1.71. The highest BCUT2D eigenvalue weighted by atomic mass is 16.4. The van der Waals surface area contributed by atoms with Gasteiger partial charge in [-0.05, 0) is 24.6 Å². The maximum atomic E-state index is 10.4. The van der Waals surface area contributed by atoms with Crippen LogP contribution in [0.1, 0.15) is 31.9 Å². The van der Waals surface area contributed by atoms with Crippen LogP contribution in [-0.4, -0.2) is 11.1 Å². The molecular formula is C13H16O2. The summed E-state index contributed by atoms with van der Waals surface area (Å²) in [7, 11) is 0. The lowest BCUT2D eigenvalue weighted by Gasteiger charge is -1.96. The summed E-state index contributed by atoms with van der Waals surface area (Å²) in [6.45, 7) is 5.77. The van der Waals surface area contributed by atoms with Gasteiger partial charge >= 0.3 is 5.97 Å². The van der Waals surface area contributed by atoms with Crippen molar-refractivity contribution in [3.8, 4) is 11.8 Å². The third-order valence-corrected chi connectivity index (χ3v) is 1.58. The highest BCUT2D eigenvalue weighted by molar-refractivity contribution is 5.70. The van der Waals surface area contributed by atoms with Gasteiger partial charge in [0, 0.05) is 5.56 Å². The fourth-order valence-corrected chi connectivity index (χ4v) is 1.02. The molecule has 1 rings (SSSR count). The molecule has 0 aromatic heterocycles. The van der Waals surface area contributed by atoms with Crippen molar-refractivity contribution in [2.24, 2.45) is 0 Å². The third kappa shape index (κ3) is 5.53. The molecule has 0 aliphatic carbocycles. The zero-order chi connectivity index (χ0) is 11.7. The van der Waals surface area contributed by atoms with E-state index < -0.39 is 5.97 Å². The van der Waals surface area contributed by atoms with Crippen LogP contribution < -0.4 is 0 Å². The quantitative estimate of drug-likeness (QED) is 0.752. The summed E-state index contributed by atoms with van der Waals surface area (Å²) in [4.78, 5) is 10.4. The monoisotopic (exact) mass is 204 g/mol. The van der Waals surface area contributed by atoms with Gasteiger partial charge in [0.1, 0.15) is 0 Å². The average molecular weight is 204 g/mol. The lowest BCUT2D eigenvalue weighted by molar-refractivity contribution is -0.136. The molecule has 0 radical (unpaired) electrons. The van der Waals surface area contributed by atoms with Gasteiger partial charge in [-0.3, -0.25) is 4.79 Å². The number of carboxylic acid groups (broad SMARTS) is 1. The zero-order valence-corrected chi connectivity index (χ0v) is 9.37. The minimum atomic E-state index is -0.811. The molecule has 0 heterocycles. The molecule has 80 valence electrons. The van der Waals surface area contributed by atoms with Gasteiger partial charge in [0.2, 0.25) is 0 Å². The van der Waals surface area contributed by atoms with E-state index in [-0.39, 0.29) is 6.42 Å². The molecule has 1 N–H and O–H groups in total. The summed E-state index contributed by atoms with van der Waals surface area (Å²) in [6.07, 6.45) is 0.0693. The highest BCUT2D eigenvalue weighted by Crippen LogP contribution is 2.03. The second-order valence-corrected chi connectivity index (χ2v) is 2.64. The smallest absolute Gasteiger partial charge is 0.307 e. The minimum Gasteiger partial charge on any atom is -0.481 e. The first-order chi connectivity index (χ1) is 7.22. The Labute approximate surface area is 90.9 Å². The van der Waals surface area contributed by atoms with Crippen LogP contribution >= 0.6 is 0 Å². The van der Waals surface area contributed by atoms with E-state index in [1.54, 1.807) is 19.1 Å². The predicted octanol–water partition coefficient (Wildman–Crippen LogP) is 2.71. The molecule has 0 aliphatic heterocycles. The maximum Gasteiger partial charge on any atom is 0.307 e. The molecule has 0 saturated heterocycles. The standard InChI is InChI=1S/C11H10O2.C2H6/c1-2-3-9-4-6-10(7-5-9)8-11(12)13;1-2/h4-7H,8H2,1H3,(H,12,13);1-2H3. The number of carbonyl (C=O) groups is 1. The molecular weight excluding hydrogens is 188 g/mol. The molecule has 2 nitrogen and oxygen atoms in total. The molecule has 0 spiro atoms. The number of carboxylic acids is 1. The van der Waals surface area contributed by atoms with Crippen molar-refractivity contribution >= 4 is 5.97 Å². The summed E-state index contributed by atoms with van der Waals surface area (Å²) in [5.74, 6) is 4.86. The largest absolute Gasteiger partial charge is 0.481 e. The van der Waals surface area contributed by atoms with Crippen LogP contribution in [-0.2, 0) is 11.2 Å². The molecule has 0 amide bonds. The topological polar surface area (TPSA) is 37.3 Å². The number of aliphatic carboxylic acids is 1. The summed E-state index contributed by atoms with van der Waals surface area (Å²) in [5, 5.41) is 8.51. The fraction of sp³-hybridized carbons (Fsp3) is 0.308. The molecule has 1 aromatic carbocycles. The SMILES string of the molecule is CC.CC#Cc1ccc(CC(=O)O)cc1. The number of benzene rings is 1. The van der Waals surface area contributed by atoms with Crippen molar-refractivity contribution in [2.75, 3.05) is 0 Å². The Hall–Kier alpha value is -1.75. The lowest BCUT2D eigenvalue weighted by Crippen LogP contribution is -1.99. The van der Waals surface area contributed by atoms with Gasteiger partial charge in [-0.2, -0.15) is 0 Å². The Morgan fingerprint density at radius 1 is 1.27 bits per heavy atom. The van der Waals surface area contributed by atoms with E-state index in [4.69, 9.17) is 5.11 Å². The molecule has 0 unspecified atom stereocenters. The molecule has 2 heteroatoms.